The second-order valence-corrected chi connectivity index (χ2v) is 6.31. The number of methoxy groups -OCH3 is 1. The number of hydrogen-bond donors (Lipinski definition) is 0. The van der Waals surface area contributed by atoms with Crippen LogP contribution in [-0.2, 0) is 0 Å². The summed E-state index contributed by atoms with van der Waals surface area (Å²) in [4.78, 5) is 0. The second kappa shape index (κ2) is 6.86. The molecule has 0 aliphatic heterocycles. The first kappa shape index (κ1) is 16.4. The Morgan fingerprint density at radius 1 is 1.19 bits per heavy atom. The van der Waals surface area contributed by atoms with E-state index in [-0.39, 0.29) is 18.8 Å². The highest BCUT2D eigenvalue weighted by Crippen LogP contribution is 2.40. The van der Waals surface area contributed by atoms with E-state index >= 15 is 0 Å². The van der Waals surface area contributed by atoms with Gasteiger partial charge in [0.1, 0.15) is 5.75 Å². The molecule has 21 heavy (non-hydrogen) atoms. The third kappa shape index (κ3) is 4.50. The molecule has 1 aromatic rings. The van der Waals surface area contributed by atoms with Crippen LogP contribution in [0.25, 0.3) is 6.08 Å². The van der Waals surface area contributed by atoms with Crippen LogP contribution in [0.2, 0.25) is 0 Å². The van der Waals surface area contributed by atoms with Gasteiger partial charge in [0, 0.05) is 10.0 Å². The maximum absolute atomic E-state index is 12.6. The van der Waals surface area contributed by atoms with Gasteiger partial charge in [0.2, 0.25) is 0 Å². The summed E-state index contributed by atoms with van der Waals surface area (Å²) in [5.41, 5.74) is 0.935. The topological polar surface area (TPSA) is 9.23 Å². The average molecular weight is 363 g/mol. The Morgan fingerprint density at radius 2 is 1.86 bits per heavy atom. The predicted molar refractivity (Wildman–Crippen MR) is 81.2 cm³/mol. The molecule has 1 saturated carbocycles. The molecule has 0 amide bonds. The molecule has 2 rings (SSSR count). The Bertz CT molecular complexity index is 503. The Kier molecular flexibility index (Phi) is 5.36. The molecule has 0 radical (unpaired) electrons. The van der Waals surface area contributed by atoms with Crippen LogP contribution in [0.5, 0.6) is 5.75 Å². The van der Waals surface area contributed by atoms with Crippen LogP contribution < -0.4 is 4.74 Å². The van der Waals surface area contributed by atoms with Gasteiger partial charge in [0.05, 0.1) is 13.0 Å². The molecule has 1 aromatic carbocycles. The van der Waals surface area contributed by atoms with Crippen molar-refractivity contribution in [2.45, 2.75) is 31.9 Å². The van der Waals surface area contributed by atoms with E-state index in [1.54, 1.807) is 7.11 Å². The van der Waals surface area contributed by atoms with Crippen LogP contribution in [0.3, 0.4) is 0 Å². The van der Waals surface area contributed by atoms with Crippen LogP contribution in [0, 0.1) is 11.8 Å². The monoisotopic (exact) mass is 362 g/mol. The van der Waals surface area contributed by atoms with Gasteiger partial charge in [-0.3, -0.25) is 0 Å². The van der Waals surface area contributed by atoms with Crippen molar-refractivity contribution in [3.63, 3.8) is 0 Å². The van der Waals surface area contributed by atoms with Gasteiger partial charge in [-0.15, -0.1) is 0 Å². The molecule has 0 aromatic heterocycles. The summed E-state index contributed by atoms with van der Waals surface area (Å²) in [5.74, 6) is -0.145. The third-order valence-electron chi connectivity index (χ3n) is 3.97. The molecule has 1 nitrogen and oxygen atoms in total. The fraction of sp³-hybridized carbons (Fsp3) is 0.500. The molecule has 0 heterocycles. The lowest BCUT2D eigenvalue weighted by Crippen LogP contribution is -2.27. The molecule has 0 bridgehead atoms. The number of benzene rings is 1. The van der Waals surface area contributed by atoms with Gasteiger partial charge in [0.15, 0.2) is 0 Å². The predicted octanol–water partition coefficient (Wildman–Crippen LogP) is 5.84. The highest BCUT2D eigenvalue weighted by molar-refractivity contribution is 9.10. The highest BCUT2D eigenvalue weighted by Gasteiger charge is 2.40. The molecule has 0 N–H and O–H groups in total. The van der Waals surface area contributed by atoms with Crippen LogP contribution in [0.4, 0.5) is 13.2 Å². The zero-order valence-corrected chi connectivity index (χ0v) is 13.4. The van der Waals surface area contributed by atoms with E-state index < -0.39 is 12.1 Å². The van der Waals surface area contributed by atoms with E-state index in [9.17, 15) is 13.2 Å². The normalized spacial score (nSPS) is 23.5. The zero-order chi connectivity index (χ0) is 15.5. The molecule has 1 fully saturated rings. The van der Waals surface area contributed by atoms with Gasteiger partial charge in [-0.1, -0.05) is 28.1 Å². The van der Waals surface area contributed by atoms with Crippen LogP contribution in [-0.4, -0.2) is 13.3 Å². The fourth-order valence-electron chi connectivity index (χ4n) is 2.71. The summed E-state index contributed by atoms with van der Waals surface area (Å²) in [6.07, 6.45) is 1.57. The lowest BCUT2D eigenvalue weighted by atomic mass is 9.81. The summed E-state index contributed by atoms with van der Waals surface area (Å²) < 4.78 is 44.1. The minimum Gasteiger partial charge on any atom is -0.496 e. The summed E-state index contributed by atoms with van der Waals surface area (Å²) in [5, 5.41) is 0. The SMILES string of the molecule is COc1ccc(Br)cc1/C=C/C1CCC(C(F)(F)F)CC1. The molecular weight excluding hydrogens is 345 g/mol. The minimum atomic E-state index is -4.04. The minimum absolute atomic E-state index is 0.215. The molecule has 0 atom stereocenters. The van der Waals surface area contributed by atoms with Crippen molar-refractivity contribution in [3.8, 4) is 5.75 Å². The van der Waals surface area contributed by atoms with Gasteiger partial charge in [-0.05, 0) is 49.8 Å². The Hall–Kier alpha value is -0.970. The molecule has 5 heteroatoms. The summed E-state index contributed by atoms with van der Waals surface area (Å²) in [6, 6.07) is 5.70. The van der Waals surface area contributed by atoms with E-state index in [2.05, 4.69) is 15.9 Å². The van der Waals surface area contributed by atoms with E-state index in [1.807, 2.05) is 30.4 Å². The summed E-state index contributed by atoms with van der Waals surface area (Å²) in [6.45, 7) is 0. The number of alkyl halides is 3. The van der Waals surface area contributed by atoms with E-state index in [1.165, 1.54) is 0 Å². The van der Waals surface area contributed by atoms with Crippen molar-refractivity contribution in [1.82, 2.24) is 0 Å². The second-order valence-electron chi connectivity index (χ2n) is 5.40. The quantitative estimate of drug-likeness (QED) is 0.656. The lowest BCUT2D eigenvalue weighted by Gasteiger charge is -2.28. The number of rotatable bonds is 3. The summed E-state index contributed by atoms with van der Waals surface area (Å²) in [7, 11) is 1.61. The average Bonchev–Trinajstić information content (AvgIpc) is 2.45. The number of hydrogen-bond acceptors (Lipinski definition) is 1. The maximum atomic E-state index is 12.6. The Morgan fingerprint density at radius 3 is 2.43 bits per heavy atom. The van der Waals surface area contributed by atoms with Crippen molar-refractivity contribution < 1.29 is 17.9 Å². The molecule has 0 saturated heterocycles. The molecular formula is C16H18BrF3O. The zero-order valence-electron chi connectivity index (χ0n) is 11.8. The molecule has 0 spiro atoms. The van der Waals surface area contributed by atoms with Crippen molar-refractivity contribution in [3.05, 3.63) is 34.3 Å². The Labute approximate surface area is 131 Å². The standard InChI is InChI=1S/C16H18BrF3O/c1-21-15-9-8-14(17)10-12(15)5-2-11-3-6-13(7-4-11)16(18,19)20/h2,5,8-11,13H,3-4,6-7H2,1H3/b5-2+. The number of halogens is 4. The van der Waals surface area contributed by atoms with Gasteiger partial charge in [-0.2, -0.15) is 13.2 Å². The van der Waals surface area contributed by atoms with Crippen molar-refractivity contribution in [1.29, 1.82) is 0 Å². The van der Waals surface area contributed by atoms with Crippen LogP contribution >= 0.6 is 15.9 Å². The smallest absolute Gasteiger partial charge is 0.391 e. The van der Waals surface area contributed by atoms with E-state index in [0.717, 1.165) is 15.8 Å². The third-order valence-corrected chi connectivity index (χ3v) is 4.47. The maximum Gasteiger partial charge on any atom is 0.391 e. The fourth-order valence-corrected chi connectivity index (χ4v) is 3.09. The van der Waals surface area contributed by atoms with E-state index in [0.29, 0.717) is 12.8 Å². The van der Waals surface area contributed by atoms with Crippen molar-refractivity contribution in [2.24, 2.45) is 11.8 Å². The van der Waals surface area contributed by atoms with Gasteiger partial charge in [-0.25, -0.2) is 0 Å². The van der Waals surface area contributed by atoms with Crippen molar-refractivity contribution in [2.75, 3.05) is 7.11 Å². The first-order valence-corrected chi connectivity index (χ1v) is 7.78. The largest absolute Gasteiger partial charge is 0.496 e. The molecule has 1 aliphatic carbocycles. The van der Waals surface area contributed by atoms with E-state index in [4.69, 9.17) is 4.74 Å². The van der Waals surface area contributed by atoms with Gasteiger partial charge >= 0.3 is 6.18 Å². The number of allylic oxidation sites excluding steroid dienone is 1. The molecule has 1 aliphatic rings. The van der Waals surface area contributed by atoms with Crippen LogP contribution in [0.1, 0.15) is 31.2 Å². The van der Waals surface area contributed by atoms with Crippen LogP contribution in [0.15, 0.2) is 28.7 Å². The number of ether oxygens (including phenoxy) is 1. The highest BCUT2D eigenvalue weighted by atomic mass is 79.9. The van der Waals surface area contributed by atoms with Gasteiger partial charge in [0.25, 0.3) is 0 Å². The van der Waals surface area contributed by atoms with Crippen molar-refractivity contribution >= 4 is 22.0 Å². The van der Waals surface area contributed by atoms with Gasteiger partial charge < -0.3 is 4.74 Å². The first-order valence-electron chi connectivity index (χ1n) is 6.98. The molecule has 116 valence electrons. The Balaban J connectivity index is 1.99. The summed E-state index contributed by atoms with van der Waals surface area (Å²) >= 11 is 3.41. The molecule has 0 unspecified atom stereocenters. The first-order chi connectivity index (χ1) is 9.90. The lowest BCUT2D eigenvalue weighted by molar-refractivity contribution is -0.183.